The zero-order valence-electron chi connectivity index (χ0n) is 16.0. The molecule has 0 saturated carbocycles. The van der Waals surface area contributed by atoms with Gasteiger partial charge in [0.1, 0.15) is 6.61 Å². The van der Waals surface area contributed by atoms with E-state index < -0.39 is 23.5 Å². The number of ether oxygens (including phenoxy) is 1. The highest BCUT2D eigenvalue weighted by Gasteiger charge is 2.60. The van der Waals surface area contributed by atoms with E-state index in [1.165, 1.54) is 4.90 Å². The summed E-state index contributed by atoms with van der Waals surface area (Å²) >= 11 is 0. The van der Waals surface area contributed by atoms with Crippen molar-refractivity contribution in [3.05, 3.63) is 35.7 Å². The van der Waals surface area contributed by atoms with Crippen molar-refractivity contribution in [3.8, 4) is 0 Å². The number of alkyl carbamates (subject to hydrolysis) is 1. The molecule has 8 heteroatoms. The lowest BCUT2D eigenvalue weighted by molar-refractivity contribution is -0.314. The van der Waals surface area contributed by atoms with Crippen molar-refractivity contribution in [2.24, 2.45) is 5.41 Å². The van der Waals surface area contributed by atoms with Crippen molar-refractivity contribution >= 4 is 24.0 Å². The van der Waals surface area contributed by atoms with Crippen molar-refractivity contribution in [2.45, 2.75) is 45.2 Å². The van der Waals surface area contributed by atoms with Gasteiger partial charge in [-0.15, -0.1) is 0 Å². The highest BCUT2D eigenvalue weighted by atomic mass is 16.5. The molecule has 150 valence electrons. The van der Waals surface area contributed by atoms with Crippen LogP contribution in [0.25, 0.3) is 6.08 Å². The SMILES string of the molecule is CCCCNC(=O)OC[C@]1(C)CC2/C(=C\c3ccccn3)C(=O)N2[C@H]1C(=O)[O-]. The maximum atomic E-state index is 12.6. The molecule has 8 nitrogen and oxygen atoms in total. The van der Waals surface area contributed by atoms with Crippen LogP contribution in [-0.4, -0.2) is 53.1 Å². The van der Waals surface area contributed by atoms with Crippen LogP contribution >= 0.6 is 0 Å². The molecule has 2 fully saturated rings. The summed E-state index contributed by atoms with van der Waals surface area (Å²) in [4.78, 5) is 41.7. The summed E-state index contributed by atoms with van der Waals surface area (Å²) in [5.74, 6) is -1.69. The van der Waals surface area contributed by atoms with E-state index in [2.05, 4.69) is 10.3 Å². The molecule has 1 aromatic rings. The number of amides is 2. The summed E-state index contributed by atoms with van der Waals surface area (Å²) < 4.78 is 5.26. The summed E-state index contributed by atoms with van der Waals surface area (Å²) in [6, 6.07) is 3.87. The number of nitrogens with zero attached hydrogens (tertiary/aromatic N) is 2. The number of carbonyl (C=O) groups is 3. The van der Waals surface area contributed by atoms with Crippen LogP contribution in [0.2, 0.25) is 0 Å². The van der Waals surface area contributed by atoms with Crippen LogP contribution in [0.5, 0.6) is 0 Å². The number of carbonyl (C=O) groups excluding carboxylic acids is 3. The molecular weight excluding hydrogens is 362 g/mol. The Hall–Kier alpha value is -2.90. The topological polar surface area (TPSA) is 112 Å². The highest BCUT2D eigenvalue weighted by Crippen LogP contribution is 2.49. The minimum Gasteiger partial charge on any atom is -0.548 e. The van der Waals surface area contributed by atoms with Gasteiger partial charge in [-0.25, -0.2) is 4.79 Å². The molecule has 0 spiro atoms. The third-order valence-electron chi connectivity index (χ3n) is 5.32. The van der Waals surface area contributed by atoms with Crippen LogP contribution in [0.1, 0.15) is 38.8 Å². The maximum Gasteiger partial charge on any atom is 0.407 e. The normalized spacial score (nSPS) is 27.3. The van der Waals surface area contributed by atoms with Gasteiger partial charge in [-0.1, -0.05) is 26.3 Å². The first kappa shape index (κ1) is 19.9. The smallest absolute Gasteiger partial charge is 0.407 e. The summed E-state index contributed by atoms with van der Waals surface area (Å²) in [5.41, 5.74) is 0.220. The molecule has 0 aromatic carbocycles. The Morgan fingerprint density at radius 1 is 1.46 bits per heavy atom. The average molecular weight is 386 g/mol. The lowest BCUT2D eigenvalue weighted by Gasteiger charge is -2.42. The molecule has 1 aromatic heterocycles. The molecule has 0 radical (unpaired) electrons. The molecule has 3 atom stereocenters. The first-order chi connectivity index (χ1) is 13.4. The number of hydrogen-bond acceptors (Lipinski definition) is 6. The molecule has 2 aliphatic rings. The first-order valence-corrected chi connectivity index (χ1v) is 9.44. The number of aliphatic carboxylic acids is 1. The van der Waals surface area contributed by atoms with E-state index in [0.29, 0.717) is 24.2 Å². The predicted molar refractivity (Wildman–Crippen MR) is 98.6 cm³/mol. The second-order valence-corrected chi connectivity index (χ2v) is 7.52. The van der Waals surface area contributed by atoms with Gasteiger partial charge in [0.25, 0.3) is 5.91 Å². The highest BCUT2D eigenvalue weighted by molar-refractivity contribution is 6.08. The van der Waals surface area contributed by atoms with E-state index in [1.807, 2.05) is 13.0 Å². The van der Waals surface area contributed by atoms with Crippen LogP contribution in [0.4, 0.5) is 4.79 Å². The number of fused-ring (bicyclic) bond motifs is 1. The first-order valence-electron chi connectivity index (χ1n) is 9.44. The lowest BCUT2D eigenvalue weighted by atomic mass is 9.81. The molecule has 3 heterocycles. The molecule has 28 heavy (non-hydrogen) atoms. The third kappa shape index (κ3) is 3.72. The number of aromatic nitrogens is 1. The number of carboxylic acids is 1. The Balaban J connectivity index is 1.73. The quantitative estimate of drug-likeness (QED) is 0.420. The molecule has 0 bridgehead atoms. The second kappa shape index (κ2) is 8.00. The summed E-state index contributed by atoms with van der Waals surface area (Å²) in [7, 11) is 0. The molecule has 2 saturated heterocycles. The number of pyridine rings is 1. The van der Waals surface area contributed by atoms with Gasteiger partial charge in [0, 0.05) is 23.7 Å². The van der Waals surface area contributed by atoms with Gasteiger partial charge in [0.05, 0.1) is 23.7 Å². The van der Waals surface area contributed by atoms with Gasteiger partial charge in [-0.3, -0.25) is 9.78 Å². The Morgan fingerprint density at radius 2 is 2.25 bits per heavy atom. The van der Waals surface area contributed by atoms with Crippen LogP contribution in [0.15, 0.2) is 30.0 Å². The number of rotatable bonds is 7. The fraction of sp³-hybridized carbons (Fsp3) is 0.500. The molecule has 2 aliphatic heterocycles. The van der Waals surface area contributed by atoms with E-state index in [9.17, 15) is 19.5 Å². The van der Waals surface area contributed by atoms with Crippen molar-refractivity contribution in [1.29, 1.82) is 0 Å². The maximum absolute atomic E-state index is 12.6. The standard InChI is InChI=1S/C20H25N3O5/c1-3-4-8-22-19(27)28-12-20(2)11-15-14(10-13-7-5-6-9-21-13)17(24)23(15)16(20)18(25)26/h5-7,9-10,15-16H,3-4,8,11-12H2,1-2H3,(H,22,27)(H,25,26)/p-1/b14-10+/t15?,16-,20-/m0/s1. The summed E-state index contributed by atoms with van der Waals surface area (Å²) in [6.45, 7) is 4.10. The summed E-state index contributed by atoms with van der Waals surface area (Å²) in [6.07, 6.45) is 4.87. The molecule has 1 unspecified atom stereocenters. The van der Waals surface area contributed by atoms with Crippen LogP contribution in [0.3, 0.4) is 0 Å². The molecule has 2 amide bonds. The molecule has 0 aliphatic carbocycles. The monoisotopic (exact) mass is 386 g/mol. The zero-order chi connectivity index (χ0) is 20.3. The van der Waals surface area contributed by atoms with Crippen LogP contribution in [-0.2, 0) is 14.3 Å². The van der Waals surface area contributed by atoms with Crippen molar-refractivity contribution in [3.63, 3.8) is 0 Å². The van der Waals surface area contributed by atoms with Crippen LogP contribution in [0, 0.1) is 5.41 Å². The van der Waals surface area contributed by atoms with Gasteiger partial charge in [0.15, 0.2) is 0 Å². The second-order valence-electron chi connectivity index (χ2n) is 7.52. The number of β-lactam (4-membered cyclic amide) rings is 1. The number of carboxylic acid groups (broad SMARTS) is 1. The predicted octanol–water partition coefficient (Wildman–Crippen LogP) is 0.731. The van der Waals surface area contributed by atoms with E-state index in [1.54, 1.807) is 31.3 Å². The number of nitrogens with one attached hydrogen (secondary N) is 1. The Morgan fingerprint density at radius 3 is 2.89 bits per heavy atom. The fourth-order valence-electron chi connectivity index (χ4n) is 3.87. The minimum atomic E-state index is -1.34. The van der Waals surface area contributed by atoms with Crippen molar-refractivity contribution in [1.82, 2.24) is 15.2 Å². The van der Waals surface area contributed by atoms with Gasteiger partial charge in [0.2, 0.25) is 0 Å². The van der Waals surface area contributed by atoms with E-state index in [0.717, 1.165) is 12.8 Å². The van der Waals surface area contributed by atoms with Gasteiger partial charge in [-0.2, -0.15) is 0 Å². The summed E-state index contributed by atoms with van der Waals surface area (Å²) in [5, 5.41) is 14.4. The molecule has 1 N–H and O–H groups in total. The number of hydrogen-bond donors (Lipinski definition) is 1. The Labute approximate surface area is 163 Å². The Bertz CT molecular complexity index is 794. The van der Waals surface area contributed by atoms with Crippen molar-refractivity contribution < 1.29 is 24.2 Å². The van der Waals surface area contributed by atoms with Gasteiger partial charge in [-0.05, 0) is 31.1 Å². The average Bonchev–Trinajstić information content (AvgIpc) is 2.96. The number of unbranched alkanes of at least 4 members (excludes halogenated alkanes) is 1. The van der Waals surface area contributed by atoms with E-state index in [-0.39, 0.29) is 18.6 Å². The van der Waals surface area contributed by atoms with E-state index in [4.69, 9.17) is 4.74 Å². The van der Waals surface area contributed by atoms with Gasteiger partial charge < -0.3 is 24.9 Å². The van der Waals surface area contributed by atoms with E-state index >= 15 is 0 Å². The van der Waals surface area contributed by atoms with Crippen molar-refractivity contribution in [2.75, 3.05) is 13.2 Å². The van der Waals surface area contributed by atoms with Gasteiger partial charge >= 0.3 is 6.09 Å². The molecule has 3 rings (SSSR count). The molecular formula is C20H24N3O5-. The minimum absolute atomic E-state index is 0.110. The third-order valence-corrected chi connectivity index (χ3v) is 5.32. The lowest BCUT2D eigenvalue weighted by Crippen LogP contribution is -2.61. The largest absolute Gasteiger partial charge is 0.548 e. The zero-order valence-corrected chi connectivity index (χ0v) is 16.0. The fourth-order valence-corrected chi connectivity index (χ4v) is 3.87. The van der Waals surface area contributed by atoms with Crippen LogP contribution < -0.4 is 10.4 Å². The Kier molecular flexibility index (Phi) is 5.67.